The lowest BCUT2D eigenvalue weighted by Gasteiger charge is -2.15. The molecule has 1 aliphatic heterocycles. The van der Waals surface area contributed by atoms with Gasteiger partial charge in [-0.25, -0.2) is 8.78 Å². The van der Waals surface area contributed by atoms with Crippen LogP contribution in [0.5, 0.6) is 0 Å². The zero-order chi connectivity index (χ0) is 11.4. The van der Waals surface area contributed by atoms with Crippen LogP contribution in [0.4, 0.5) is 8.78 Å². The second kappa shape index (κ2) is 4.92. The highest BCUT2D eigenvalue weighted by Crippen LogP contribution is 2.08. The van der Waals surface area contributed by atoms with Crippen LogP contribution in [-0.2, 0) is 6.54 Å². The van der Waals surface area contributed by atoms with E-state index in [1.54, 1.807) is 6.07 Å². The molecule has 0 bridgehead atoms. The Bertz CT molecular complexity index is 404. The summed E-state index contributed by atoms with van der Waals surface area (Å²) in [6, 6.07) is 3.86. The van der Waals surface area contributed by atoms with Crippen LogP contribution in [0, 0.1) is 11.6 Å². The zero-order valence-electron chi connectivity index (χ0n) is 8.76. The van der Waals surface area contributed by atoms with Crippen molar-refractivity contribution in [1.82, 2.24) is 10.6 Å². The highest BCUT2D eigenvalue weighted by molar-refractivity contribution is 5.80. The number of hydrogen-bond donors (Lipinski definition) is 2. The van der Waals surface area contributed by atoms with E-state index in [0.717, 1.165) is 31.5 Å². The second-order valence-corrected chi connectivity index (χ2v) is 3.61. The molecule has 0 aliphatic carbocycles. The Labute approximate surface area is 92.6 Å². The summed E-state index contributed by atoms with van der Waals surface area (Å²) in [5.41, 5.74) is 0.689. The summed E-state index contributed by atoms with van der Waals surface area (Å²) in [4.78, 5) is 4.21. The van der Waals surface area contributed by atoms with Gasteiger partial charge in [-0.1, -0.05) is 6.07 Å². The quantitative estimate of drug-likeness (QED) is 0.798. The molecule has 0 saturated carbocycles. The number of benzene rings is 1. The first kappa shape index (κ1) is 10.9. The summed E-state index contributed by atoms with van der Waals surface area (Å²) in [7, 11) is 0. The van der Waals surface area contributed by atoms with Gasteiger partial charge < -0.3 is 10.6 Å². The Hall–Kier alpha value is -1.65. The van der Waals surface area contributed by atoms with Gasteiger partial charge in [-0.2, -0.15) is 0 Å². The van der Waals surface area contributed by atoms with Gasteiger partial charge in [0.15, 0.2) is 17.6 Å². The number of rotatable bonds is 2. The Kier molecular flexibility index (Phi) is 3.34. The van der Waals surface area contributed by atoms with Crippen molar-refractivity contribution < 1.29 is 8.78 Å². The molecule has 0 unspecified atom stereocenters. The average Bonchev–Trinajstić information content (AvgIpc) is 2.32. The molecule has 2 N–H and O–H groups in total. The molecule has 0 amide bonds. The van der Waals surface area contributed by atoms with Gasteiger partial charge in [-0.15, -0.1) is 0 Å². The molecule has 0 atom stereocenters. The second-order valence-electron chi connectivity index (χ2n) is 3.61. The van der Waals surface area contributed by atoms with Gasteiger partial charge >= 0.3 is 0 Å². The van der Waals surface area contributed by atoms with Gasteiger partial charge in [0.05, 0.1) is 0 Å². The van der Waals surface area contributed by atoms with Crippen LogP contribution in [0.2, 0.25) is 0 Å². The molecule has 0 saturated heterocycles. The minimum atomic E-state index is -0.822. The molecule has 5 heteroatoms. The third-order valence-corrected chi connectivity index (χ3v) is 2.34. The number of halogens is 2. The van der Waals surface area contributed by atoms with Crippen molar-refractivity contribution in [2.75, 3.05) is 13.1 Å². The largest absolute Gasteiger partial charge is 0.356 e. The van der Waals surface area contributed by atoms with Gasteiger partial charge in [0.25, 0.3) is 0 Å². The average molecular weight is 225 g/mol. The van der Waals surface area contributed by atoms with Gasteiger partial charge in [0, 0.05) is 19.6 Å². The molecule has 0 radical (unpaired) electrons. The van der Waals surface area contributed by atoms with E-state index in [1.807, 2.05) is 0 Å². The number of nitrogens with one attached hydrogen (secondary N) is 2. The van der Waals surface area contributed by atoms with Crippen molar-refractivity contribution >= 4 is 5.96 Å². The molecule has 1 heterocycles. The molecule has 1 aliphatic rings. The van der Waals surface area contributed by atoms with Crippen molar-refractivity contribution in [3.05, 3.63) is 35.4 Å². The van der Waals surface area contributed by atoms with Crippen molar-refractivity contribution in [1.29, 1.82) is 0 Å². The molecule has 0 spiro atoms. The van der Waals surface area contributed by atoms with Crippen LogP contribution in [0.25, 0.3) is 0 Å². The maximum absolute atomic E-state index is 12.9. The maximum Gasteiger partial charge on any atom is 0.191 e. The SMILES string of the molecule is Fc1ccc(CNC2=NCCCN2)cc1F. The van der Waals surface area contributed by atoms with Crippen LogP contribution < -0.4 is 10.6 Å². The lowest BCUT2D eigenvalue weighted by atomic mass is 10.2. The molecule has 2 rings (SSSR count). The van der Waals surface area contributed by atoms with Crippen molar-refractivity contribution in [3.63, 3.8) is 0 Å². The van der Waals surface area contributed by atoms with Crippen LogP contribution in [0.3, 0.4) is 0 Å². The molecule has 1 aromatic carbocycles. The lowest BCUT2D eigenvalue weighted by Crippen LogP contribution is -2.40. The van der Waals surface area contributed by atoms with E-state index in [1.165, 1.54) is 6.07 Å². The minimum Gasteiger partial charge on any atom is -0.356 e. The molecule has 86 valence electrons. The van der Waals surface area contributed by atoms with Crippen molar-refractivity contribution in [2.24, 2.45) is 4.99 Å². The van der Waals surface area contributed by atoms with Crippen LogP contribution in [0.15, 0.2) is 23.2 Å². The van der Waals surface area contributed by atoms with E-state index in [2.05, 4.69) is 15.6 Å². The summed E-state index contributed by atoms with van der Waals surface area (Å²) in [6.45, 7) is 2.12. The van der Waals surface area contributed by atoms with Gasteiger partial charge in [0.2, 0.25) is 0 Å². The van der Waals surface area contributed by atoms with E-state index in [4.69, 9.17) is 0 Å². The normalized spacial score (nSPS) is 15.2. The van der Waals surface area contributed by atoms with Gasteiger partial charge in [-0.3, -0.25) is 4.99 Å². The molecular weight excluding hydrogens is 212 g/mol. The first-order valence-electron chi connectivity index (χ1n) is 5.22. The number of hydrogen-bond acceptors (Lipinski definition) is 3. The molecule has 0 aromatic heterocycles. The van der Waals surface area contributed by atoms with E-state index < -0.39 is 11.6 Å². The Morgan fingerprint density at radius 2 is 2.19 bits per heavy atom. The van der Waals surface area contributed by atoms with Crippen LogP contribution in [0.1, 0.15) is 12.0 Å². The number of aliphatic imine (C=N–C) groups is 1. The highest BCUT2D eigenvalue weighted by atomic mass is 19.2. The first-order chi connectivity index (χ1) is 7.75. The monoisotopic (exact) mass is 225 g/mol. The van der Waals surface area contributed by atoms with E-state index >= 15 is 0 Å². The Morgan fingerprint density at radius 3 is 2.88 bits per heavy atom. The molecule has 1 aromatic rings. The van der Waals surface area contributed by atoms with E-state index in [-0.39, 0.29) is 0 Å². The standard InChI is InChI=1S/C11H13F2N3/c12-9-3-2-8(6-10(9)13)7-16-11-14-4-1-5-15-11/h2-3,6H,1,4-5,7H2,(H2,14,15,16). The Balaban J connectivity index is 1.94. The predicted molar refractivity (Wildman–Crippen MR) is 58.1 cm³/mol. The third-order valence-electron chi connectivity index (χ3n) is 2.34. The minimum absolute atomic E-state index is 0.434. The fourth-order valence-electron chi connectivity index (χ4n) is 1.49. The summed E-state index contributed by atoms with van der Waals surface area (Å²) in [6.07, 6.45) is 1.02. The lowest BCUT2D eigenvalue weighted by molar-refractivity contribution is 0.506. The molecule has 16 heavy (non-hydrogen) atoms. The van der Waals surface area contributed by atoms with Crippen molar-refractivity contribution in [2.45, 2.75) is 13.0 Å². The van der Waals surface area contributed by atoms with Crippen LogP contribution in [-0.4, -0.2) is 19.0 Å². The fraction of sp³-hybridized carbons (Fsp3) is 0.364. The first-order valence-corrected chi connectivity index (χ1v) is 5.22. The third kappa shape index (κ3) is 2.68. The van der Waals surface area contributed by atoms with Gasteiger partial charge in [0.1, 0.15) is 0 Å². The van der Waals surface area contributed by atoms with E-state index in [9.17, 15) is 8.78 Å². The van der Waals surface area contributed by atoms with Gasteiger partial charge in [-0.05, 0) is 24.1 Å². The fourth-order valence-corrected chi connectivity index (χ4v) is 1.49. The summed E-state index contributed by atoms with van der Waals surface area (Å²) >= 11 is 0. The van der Waals surface area contributed by atoms with Crippen LogP contribution >= 0.6 is 0 Å². The summed E-state index contributed by atoms with van der Waals surface area (Å²) < 4.78 is 25.6. The molecule has 3 nitrogen and oxygen atoms in total. The van der Waals surface area contributed by atoms with Crippen molar-refractivity contribution in [3.8, 4) is 0 Å². The number of guanidine groups is 1. The molecule has 0 fully saturated rings. The zero-order valence-corrected chi connectivity index (χ0v) is 8.76. The molecular formula is C11H13F2N3. The van der Waals surface area contributed by atoms with E-state index in [0.29, 0.717) is 12.1 Å². The number of nitrogens with zero attached hydrogens (tertiary/aromatic N) is 1. The topological polar surface area (TPSA) is 36.4 Å². The Morgan fingerprint density at radius 1 is 1.31 bits per heavy atom. The summed E-state index contributed by atoms with van der Waals surface area (Å²) in [5.74, 6) is -0.925. The summed E-state index contributed by atoms with van der Waals surface area (Å²) in [5, 5.41) is 6.12. The highest BCUT2D eigenvalue weighted by Gasteiger charge is 2.05. The smallest absolute Gasteiger partial charge is 0.191 e. The predicted octanol–water partition coefficient (Wildman–Crippen LogP) is 1.40. The maximum atomic E-state index is 12.9.